The van der Waals surface area contributed by atoms with Crippen LogP contribution in [-0.2, 0) is 0 Å². The zero-order valence-electron chi connectivity index (χ0n) is 11.4. The number of anilines is 1. The molecule has 1 heterocycles. The number of hydrogen-bond donors (Lipinski definition) is 1. The van der Waals surface area contributed by atoms with E-state index in [1.165, 1.54) is 0 Å². The minimum atomic E-state index is 0.156. The van der Waals surface area contributed by atoms with E-state index >= 15 is 0 Å². The Labute approximate surface area is 104 Å². The average Bonchev–Trinajstić information content (AvgIpc) is 2.25. The van der Waals surface area contributed by atoms with Crippen molar-refractivity contribution in [3.8, 4) is 5.88 Å². The van der Waals surface area contributed by atoms with Crippen LogP contribution >= 0.6 is 0 Å². The number of ether oxygens (including phenoxy) is 1. The van der Waals surface area contributed by atoms with Crippen LogP contribution in [0.25, 0.3) is 0 Å². The quantitative estimate of drug-likeness (QED) is 0.826. The molecule has 96 valence electrons. The molecule has 0 aliphatic heterocycles. The SMILES string of the molecule is CCCNc1nc(C)cc(OC(C)C(C)C)n1. The van der Waals surface area contributed by atoms with E-state index in [4.69, 9.17) is 4.74 Å². The van der Waals surface area contributed by atoms with Crippen LogP contribution in [0.1, 0.15) is 39.8 Å². The van der Waals surface area contributed by atoms with Gasteiger partial charge in [-0.15, -0.1) is 0 Å². The highest BCUT2D eigenvalue weighted by Crippen LogP contribution is 2.16. The van der Waals surface area contributed by atoms with E-state index in [1.54, 1.807) is 0 Å². The predicted octanol–water partition coefficient (Wildman–Crippen LogP) is 3.03. The first-order chi connectivity index (χ1) is 8.02. The van der Waals surface area contributed by atoms with E-state index in [1.807, 2.05) is 13.0 Å². The zero-order chi connectivity index (χ0) is 12.8. The Morgan fingerprint density at radius 3 is 2.59 bits per heavy atom. The first kappa shape index (κ1) is 13.7. The van der Waals surface area contributed by atoms with Gasteiger partial charge in [-0.3, -0.25) is 0 Å². The molecule has 0 amide bonds. The second-order valence-electron chi connectivity index (χ2n) is 4.66. The maximum absolute atomic E-state index is 5.79. The van der Waals surface area contributed by atoms with E-state index in [-0.39, 0.29) is 6.10 Å². The van der Waals surface area contributed by atoms with Gasteiger partial charge in [-0.2, -0.15) is 4.98 Å². The summed E-state index contributed by atoms with van der Waals surface area (Å²) in [7, 11) is 0. The molecular weight excluding hydrogens is 214 g/mol. The molecule has 0 bridgehead atoms. The molecule has 0 aromatic carbocycles. The molecule has 1 aromatic heterocycles. The van der Waals surface area contributed by atoms with Gasteiger partial charge in [0.1, 0.15) is 0 Å². The minimum absolute atomic E-state index is 0.156. The molecule has 0 saturated carbocycles. The van der Waals surface area contributed by atoms with Gasteiger partial charge in [0.05, 0.1) is 6.10 Å². The number of aryl methyl sites for hydroxylation is 1. The van der Waals surface area contributed by atoms with Gasteiger partial charge in [-0.25, -0.2) is 4.98 Å². The Balaban J connectivity index is 2.74. The van der Waals surface area contributed by atoms with E-state index in [9.17, 15) is 0 Å². The number of rotatable bonds is 6. The predicted molar refractivity (Wildman–Crippen MR) is 70.5 cm³/mol. The normalized spacial score (nSPS) is 12.6. The first-order valence-corrected chi connectivity index (χ1v) is 6.29. The van der Waals surface area contributed by atoms with E-state index in [2.05, 4.69) is 43.0 Å². The highest BCUT2D eigenvalue weighted by Gasteiger charge is 2.10. The number of hydrogen-bond acceptors (Lipinski definition) is 4. The van der Waals surface area contributed by atoms with Crippen LogP contribution in [0, 0.1) is 12.8 Å². The summed E-state index contributed by atoms with van der Waals surface area (Å²) >= 11 is 0. The lowest BCUT2D eigenvalue weighted by molar-refractivity contribution is 0.163. The smallest absolute Gasteiger partial charge is 0.226 e. The molecule has 0 aliphatic rings. The van der Waals surface area contributed by atoms with Crippen molar-refractivity contribution < 1.29 is 4.74 Å². The summed E-state index contributed by atoms with van der Waals surface area (Å²) in [6.45, 7) is 11.3. The molecule has 1 unspecified atom stereocenters. The monoisotopic (exact) mass is 237 g/mol. The highest BCUT2D eigenvalue weighted by atomic mass is 16.5. The molecule has 1 N–H and O–H groups in total. The van der Waals surface area contributed by atoms with Gasteiger partial charge in [0.15, 0.2) is 0 Å². The maximum atomic E-state index is 5.79. The van der Waals surface area contributed by atoms with Gasteiger partial charge < -0.3 is 10.1 Å². The summed E-state index contributed by atoms with van der Waals surface area (Å²) in [5.74, 6) is 1.77. The standard InChI is InChI=1S/C13H23N3O/c1-6-7-14-13-15-10(4)8-12(16-13)17-11(5)9(2)3/h8-9,11H,6-7H2,1-5H3,(H,14,15,16). The Morgan fingerprint density at radius 1 is 1.29 bits per heavy atom. The van der Waals surface area contributed by atoms with Gasteiger partial charge in [0.25, 0.3) is 0 Å². The summed E-state index contributed by atoms with van der Waals surface area (Å²) in [6.07, 6.45) is 1.21. The van der Waals surface area contributed by atoms with Crippen molar-refractivity contribution in [3.05, 3.63) is 11.8 Å². The van der Waals surface area contributed by atoms with Crippen LogP contribution in [0.2, 0.25) is 0 Å². The van der Waals surface area contributed by atoms with Gasteiger partial charge in [-0.05, 0) is 26.2 Å². The Bertz CT molecular complexity index is 353. The Hall–Kier alpha value is -1.32. The largest absolute Gasteiger partial charge is 0.474 e. The first-order valence-electron chi connectivity index (χ1n) is 6.29. The lowest BCUT2D eigenvalue weighted by Crippen LogP contribution is -2.19. The van der Waals surface area contributed by atoms with Crippen molar-refractivity contribution in [2.24, 2.45) is 5.92 Å². The fraction of sp³-hybridized carbons (Fsp3) is 0.692. The summed E-state index contributed by atoms with van der Waals surface area (Å²) in [5.41, 5.74) is 0.921. The second-order valence-corrected chi connectivity index (χ2v) is 4.66. The van der Waals surface area contributed by atoms with Gasteiger partial charge in [-0.1, -0.05) is 20.8 Å². The molecule has 0 aliphatic carbocycles. The van der Waals surface area contributed by atoms with Crippen molar-refractivity contribution in [1.82, 2.24) is 9.97 Å². The number of aromatic nitrogens is 2. The lowest BCUT2D eigenvalue weighted by Gasteiger charge is -2.17. The summed E-state index contributed by atoms with van der Waals surface area (Å²) in [5, 5.41) is 3.18. The number of nitrogens with one attached hydrogen (secondary N) is 1. The fourth-order valence-corrected chi connectivity index (χ4v) is 1.24. The molecule has 1 aromatic rings. The Morgan fingerprint density at radius 2 is 2.00 bits per heavy atom. The molecule has 0 spiro atoms. The molecule has 0 saturated heterocycles. The van der Waals surface area contributed by atoms with E-state index in [0.29, 0.717) is 17.7 Å². The van der Waals surface area contributed by atoms with E-state index in [0.717, 1.165) is 18.7 Å². The molecule has 4 nitrogen and oxygen atoms in total. The molecule has 1 rings (SSSR count). The van der Waals surface area contributed by atoms with Crippen molar-refractivity contribution in [2.45, 2.75) is 47.1 Å². The second kappa shape index (κ2) is 6.42. The average molecular weight is 237 g/mol. The van der Waals surface area contributed by atoms with Crippen molar-refractivity contribution in [1.29, 1.82) is 0 Å². The van der Waals surface area contributed by atoms with Crippen LogP contribution in [0.15, 0.2) is 6.07 Å². The zero-order valence-corrected chi connectivity index (χ0v) is 11.4. The van der Waals surface area contributed by atoms with Crippen molar-refractivity contribution >= 4 is 5.95 Å². The number of nitrogens with zero attached hydrogens (tertiary/aromatic N) is 2. The minimum Gasteiger partial charge on any atom is -0.474 e. The van der Waals surface area contributed by atoms with Gasteiger partial charge >= 0.3 is 0 Å². The summed E-state index contributed by atoms with van der Waals surface area (Å²) in [4.78, 5) is 8.67. The van der Waals surface area contributed by atoms with Crippen LogP contribution < -0.4 is 10.1 Å². The van der Waals surface area contributed by atoms with Crippen LogP contribution in [0.3, 0.4) is 0 Å². The lowest BCUT2D eigenvalue weighted by atomic mass is 10.1. The van der Waals surface area contributed by atoms with Crippen LogP contribution in [0.4, 0.5) is 5.95 Å². The molecular formula is C13H23N3O. The van der Waals surface area contributed by atoms with Crippen molar-refractivity contribution in [2.75, 3.05) is 11.9 Å². The highest BCUT2D eigenvalue weighted by molar-refractivity contribution is 5.30. The topological polar surface area (TPSA) is 47.0 Å². The molecule has 4 heteroatoms. The molecule has 0 fully saturated rings. The fourth-order valence-electron chi connectivity index (χ4n) is 1.24. The van der Waals surface area contributed by atoms with Crippen molar-refractivity contribution in [3.63, 3.8) is 0 Å². The third-order valence-corrected chi connectivity index (χ3v) is 2.61. The molecule has 1 atom stereocenters. The van der Waals surface area contributed by atoms with Gasteiger partial charge in [0, 0.05) is 18.3 Å². The van der Waals surface area contributed by atoms with Crippen LogP contribution in [-0.4, -0.2) is 22.6 Å². The molecule has 17 heavy (non-hydrogen) atoms. The third-order valence-electron chi connectivity index (χ3n) is 2.61. The summed E-state index contributed by atoms with van der Waals surface area (Å²) < 4.78 is 5.79. The summed E-state index contributed by atoms with van der Waals surface area (Å²) in [6, 6.07) is 1.87. The van der Waals surface area contributed by atoms with E-state index < -0.39 is 0 Å². The maximum Gasteiger partial charge on any atom is 0.226 e. The molecule has 0 radical (unpaired) electrons. The Kier molecular flexibility index (Phi) is 5.19. The van der Waals surface area contributed by atoms with Gasteiger partial charge in [0.2, 0.25) is 11.8 Å². The van der Waals surface area contributed by atoms with Crippen LogP contribution in [0.5, 0.6) is 5.88 Å². The third kappa shape index (κ3) is 4.59.